The van der Waals surface area contributed by atoms with Crippen molar-refractivity contribution in [2.24, 2.45) is 0 Å². The van der Waals surface area contributed by atoms with Crippen molar-refractivity contribution < 1.29 is 13.2 Å². The summed E-state index contributed by atoms with van der Waals surface area (Å²) in [5.41, 5.74) is 2.86. The Labute approximate surface area is 156 Å². The fourth-order valence-electron chi connectivity index (χ4n) is 3.57. The van der Waals surface area contributed by atoms with Crippen LogP contribution < -0.4 is 4.74 Å². The highest BCUT2D eigenvalue weighted by Crippen LogP contribution is 2.33. The second kappa shape index (κ2) is 7.39. The van der Waals surface area contributed by atoms with E-state index in [2.05, 4.69) is 4.90 Å². The van der Waals surface area contributed by atoms with Crippen molar-refractivity contribution in [3.05, 3.63) is 59.2 Å². The first-order valence-corrected chi connectivity index (χ1v) is 10.2. The fourth-order valence-corrected chi connectivity index (χ4v) is 5.22. The molecule has 1 unspecified atom stereocenters. The van der Waals surface area contributed by atoms with Crippen molar-refractivity contribution in [3.8, 4) is 5.75 Å². The molecule has 140 valence electrons. The maximum Gasteiger partial charge on any atom is 0.243 e. The number of hydrogen-bond donors (Lipinski definition) is 0. The van der Waals surface area contributed by atoms with E-state index in [4.69, 9.17) is 4.74 Å². The van der Waals surface area contributed by atoms with E-state index in [1.165, 1.54) is 0 Å². The molecule has 5 nitrogen and oxygen atoms in total. The van der Waals surface area contributed by atoms with Gasteiger partial charge in [-0.25, -0.2) is 8.42 Å². The molecule has 0 aliphatic carbocycles. The topological polar surface area (TPSA) is 49.9 Å². The van der Waals surface area contributed by atoms with Gasteiger partial charge >= 0.3 is 0 Å². The van der Waals surface area contributed by atoms with Crippen LogP contribution in [0.2, 0.25) is 0 Å². The molecule has 1 aliphatic heterocycles. The van der Waals surface area contributed by atoms with Crippen LogP contribution in [0, 0.1) is 13.8 Å². The van der Waals surface area contributed by atoms with Crippen LogP contribution in [-0.4, -0.2) is 51.4 Å². The van der Waals surface area contributed by atoms with E-state index < -0.39 is 10.0 Å². The summed E-state index contributed by atoms with van der Waals surface area (Å²) in [7, 11) is 0.143. The Kier molecular flexibility index (Phi) is 5.37. The molecule has 0 amide bonds. The zero-order valence-electron chi connectivity index (χ0n) is 15.8. The zero-order chi connectivity index (χ0) is 18.9. The number of rotatable bonds is 4. The number of hydrogen-bond acceptors (Lipinski definition) is 4. The number of benzene rings is 2. The van der Waals surface area contributed by atoms with Gasteiger partial charge in [-0.05, 0) is 38.6 Å². The van der Waals surface area contributed by atoms with Gasteiger partial charge in [0.2, 0.25) is 10.0 Å². The van der Waals surface area contributed by atoms with Gasteiger partial charge in [0.25, 0.3) is 0 Å². The SMILES string of the molecule is COc1ccccc1C1CN(S(=O)(=O)c2ccc(C)cc2C)CCN1C. The zero-order valence-corrected chi connectivity index (χ0v) is 16.6. The van der Waals surface area contributed by atoms with Gasteiger partial charge in [0.15, 0.2) is 0 Å². The number of methoxy groups -OCH3 is 1. The Hall–Kier alpha value is -1.89. The number of aryl methyl sites for hydroxylation is 2. The van der Waals surface area contributed by atoms with E-state index in [-0.39, 0.29) is 6.04 Å². The van der Waals surface area contributed by atoms with Gasteiger partial charge in [0.1, 0.15) is 5.75 Å². The molecular formula is C20H26N2O3S. The normalized spacial score (nSPS) is 19.5. The standard InChI is InChI=1S/C20H26N2O3S/c1-15-9-10-20(16(2)13-15)26(23,24)22-12-11-21(3)18(14-22)17-7-5-6-8-19(17)25-4/h5-10,13,18H,11-12,14H2,1-4H3. The molecule has 0 aromatic heterocycles. The molecule has 0 N–H and O–H groups in total. The van der Waals surface area contributed by atoms with Crippen molar-refractivity contribution in [1.82, 2.24) is 9.21 Å². The van der Waals surface area contributed by atoms with Crippen molar-refractivity contribution in [3.63, 3.8) is 0 Å². The highest BCUT2D eigenvalue weighted by molar-refractivity contribution is 7.89. The summed E-state index contributed by atoms with van der Waals surface area (Å²) in [5.74, 6) is 0.787. The van der Waals surface area contributed by atoms with E-state index in [1.807, 2.05) is 57.3 Å². The minimum atomic E-state index is -3.53. The molecule has 0 bridgehead atoms. The third kappa shape index (κ3) is 3.49. The highest BCUT2D eigenvalue weighted by atomic mass is 32.2. The first-order chi connectivity index (χ1) is 12.3. The van der Waals surface area contributed by atoms with E-state index in [1.54, 1.807) is 17.5 Å². The van der Waals surface area contributed by atoms with Crippen LogP contribution in [0.5, 0.6) is 5.75 Å². The molecule has 26 heavy (non-hydrogen) atoms. The highest BCUT2D eigenvalue weighted by Gasteiger charge is 2.35. The molecule has 3 rings (SSSR count). The van der Waals surface area contributed by atoms with Crippen molar-refractivity contribution >= 4 is 10.0 Å². The predicted octanol–water partition coefficient (Wildman–Crippen LogP) is 2.99. The summed E-state index contributed by atoms with van der Waals surface area (Å²) in [4.78, 5) is 2.58. The van der Waals surface area contributed by atoms with Crippen LogP contribution in [0.4, 0.5) is 0 Å². The molecular weight excluding hydrogens is 348 g/mol. The summed E-state index contributed by atoms with van der Waals surface area (Å²) >= 11 is 0. The van der Waals surface area contributed by atoms with Gasteiger partial charge in [-0.3, -0.25) is 4.90 Å². The molecule has 0 saturated carbocycles. The smallest absolute Gasteiger partial charge is 0.243 e. The van der Waals surface area contributed by atoms with Crippen LogP contribution in [0.3, 0.4) is 0 Å². The van der Waals surface area contributed by atoms with Crippen molar-refractivity contribution in [2.45, 2.75) is 24.8 Å². The fraction of sp³-hybridized carbons (Fsp3) is 0.400. The lowest BCUT2D eigenvalue weighted by molar-refractivity contribution is 0.146. The van der Waals surface area contributed by atoms with Gasteiger partial charge in [0, 0.05) is 25.2 Å². The van der Waals surface area contributed by atoms with Crippen LogP contribution >= 0.6 is 0 Å². The molecule has 2 aromatic carbocycles. The maximum atomic E-state index is 13.2. The minimum Gasteiger partial charge on any atom is -0.496 e. The number of likely N-dealkylation sites (N-methyl/N-ethyl adjacent to an activating group) is 1. The number of ether oxygens (including phenoxy) is 1. The second-order valence-corrected chi connectivity index (χ2v) is 8.78. The predicted molar refractivity (Wildman–Crippen MR) is 103 cm³/mol. The lowest BCUT2D eigenvalue weighted by Crippen LogP contribution is -2.49. The van der Waals surface area contributed by atoms with Crippen LogP contribution in [-0.2, 0) is 10.0 Å². The monoisotopic (exact) mass is 374 g/mol. The molecule has 0 spiro atoms. The number of para-hydroxylation sites is 1. The maximum absolute atomic E-state index is 13.2. The first kappa shape index (κ1) is 18.9. The summed E-state index contributed by atoms with van der Waals surface area (Å²) in [6, 6.07) is 13.3. The van der Waals surface area contributed by atoms with Crippen LogP contribution in [0.15, 0.2) is 47.4 Å². The molecule has 1 fully saturated rings. The van der Waals surface area contributed by atoms with E-state index in [0.717, 1.165) is 22.4 Å². The molecule has 1 aliphatic rings. The molecule has 0 radical (unpaired) electrons. The molecule has 2 aromatic rings. The lowest BCUT2D eigenvalue weighted by atomic mass is 10.0. The number of sulfonamides is 1. The average molecular weight is 375 g/mol. The Morgan fingerprint density at radius 3 is 2.50 bits per heavy atom. The van der Waals surface area contributed by atoms with Crippen molar-refractivity contribution in [1.29, 1.82) is 0 Å². The quantitative estimate of drug-likeness (QED) is 0.826. The summed E-state index contributed by atoms with van der Waals surface area (Å²) in [6.45, 7) is 5.39. The Balaban J connectivity index is 1.94. The Morgan fingerprint density at radius 2 is 1.81 bits per heavy atom. The van der Waals surface area contributed by atoms with Crippen molar-refractivity contribution in [2.75, 3.05) is 33.8 Å². The average Bonchev–Trinajstić information content (AvgIpc) is 2.61. The number of nitrogens with zero attached hydrogens (tertiary/aromatic N) is 2. The molecule has 1 saturated heterocycles. The third-order valence-electron chi connectivity index (χ3n) is 5.06. The van der Waals surface area contributed by atoms with Gasteiger partial charge in [0.05, 0.1) is 18.0 Å². The van der Waals surface area contributed by atoms with Gasteiger partial charge in [-0.15, -0.1) is 0 Å². The van der Waals surface area contributed by atoms with Gasteiger partial charge in [-0.1, -0.05) is 35.9 Å². The minimum absolute atomic E-state index is 0.0413. The molecule has 1 atom stereocenters. The molecule has 1 heterocycles. The Bertz CT molecular complexity index is 896. The van der Waals surface area contributed by atoms with E-state index in [9.17, 15) is 8.42 Å². The summed E-state index contributed by atoms with van der Waals surface area (Å²) in [5, 5.41) is 0. The van der Waals surface area contributed by atoms with Crippen LogP contribution in [0.1, 0.15) is 22.7 Å². The molecule has 6 heteroatoms. The Morgan fingerprint density at radius 1 is 1.08 bits per heavy atom. The summed E-state index contributed by atoms with van der Waals surface area (Å²) < 4.78 is 33.6. The van der Waals surface area contributed by atoms with Crippen LogP contribution in [0.25, 0.3) is 0 Å². The van der Waals surface area contributed by atoms with Gasteiger partial charge < -0.3 is 4.74 Å². The third-order valence-corrected chi connectivity index (χ3v) is 7.08. The largest absolute Gasteiger partial charge is 0.496 e. The van der Waals surface area contributed by atoms with E-state index >= 15 is 0 Å². The first-order valence-electron chi connectivity index (χ1n) is 8.75. The summed E-state index contributed by atoms with van der Waals surface area (Å²) in [6.07, 6.45) is 0. The van der Waals surface area contributed by atoms with Gasteiger partial charge in [-0.2, -0.15) is 4.31 Å². The lowest BCUT2D eigenvalue weighted by Gasteiger charge is -2.39. The second-order valence-electron chi connectivity index (χ2n) is 6.87. The number of piperazine rings is 1. The van der Waals surface area contributed by atoms with E-state index in [0.29, 0.717) is 24.5 Å².